The number of benzene rings is 1. The third-order valence-electron chi connectivity index (χ3n) is 2.85. The van der Waals surface area contributed by atoms with Gasteiger partial charge in [-0.3, -0.25) is 0 Å². The molecule has 0 aliphatic heterocycles. The van der Waals surface area contributed by atoms with E-state index < -0.39 is 23.6 Å². The van der Waals surface area contributed by atoms with E-state index in [0.29, 0.717) is 0 Å². The summed E-state index contributed by atoms with van der Waals surface area (Å²) >= 11 is 0. The first-order valence-corrected chi connectivity index (χ1v) is 6.70. The lowest BCUT2D eigenvalue weighted by Gasteiger charge is -2.27. The van der Waals surface area contributed by atoms with Gasteiger partial charge in [0.2, 0.25) is 0 Å². The predicted molar refractivity (Wildman–Crippen MR) is 79.0 cm³/mol. The molecule has 1 atom stereocenters. The van der Waals surface area contributed by atoms with Crippen LogP contribution in [0.15, 0.2) is 30.3 Å². The Morgan fingerprint density at radius 1 is 1.29 bits per heavy atom. The van der Waals surface area contributed by atoms with E-state index in [0.717, 1.165) is 5.56 Å². The van der Waals surface area contributed by atoms with E-state index in [4.69, 9.17) is 0 Å². The van der Waals surface area contributed by atoms with Crippen LogP contribution in [-0.2, 0) is 11.2 Å². The Hall–Kier alpha value is -2.08. The van der Waals surface area contributed by atoms with Gasteiger partial charge in [-0.1, -0.05) is 30.3 Å². The van der Waals surface area contributed by atoms with Crippen molar-refractivity contribution in [2.45, 2.75) is 31.9 Å². The van der Waals surface area contributed by atoms with Crippen molar-refractivity contribution in [1.29, 1.82) is 0 Å². The zero-order valence-corrected chi connectivity index (χ0v) is 12.5. The number of carbonyl (C=O) groups excluding carboxylic acids is 1. The predicted octanol–water partition coefficient (Wildman–Crippen LogP) is 1.09. The smallest absolute Gasteiger partial charge is 0.326 e. The minimum atomic E-state index is -1.09. The van der Waals surface area contributed by atoms with E-state index in [1.807, 2.05) is 30.3 Å². The summed E-state index contributed by atoms with van der Waals surface area (Å²) in [6.45, 7) is 3.27. The van der Waals surface area contributed by atoms with Crippen molar-refractivity contribution in [3.05, 3.63) is 35.9 Å². The Bertz CT molecular complexity index is 482. The largest absolute Gasteiger partial charge is 0.480 e. The van der Waals surface area contributed by atoms with Crippen LogP contribution < -0.4 is 5.32 Å². The quantitative estimate of drug-likeness (QED) is 0.732. The first-order valence-electron chi connectivity index (χ1n) is 6.70. The number of carboxylic acids is 1. The fourth-order valence-corrected chi connectivity index (χ4v) is 1.96. The normalized spacial score (nSPS) is 12.6. The molecular formula is C15H22N2O4. The highest BCUT2D eigenvalue weighted by molar-refractivity contribution is 5.82. The summed E-state index contributed by atoms with van der Waals surface area (Å²) in [5.41, 5.74) is -0.208. The Balaban J connectivity index is 2.66. The Kier molecular flexibility index (Phi) is 5.72. The second kappa shape index (κ2) is 7.08. The van der Waals surface area contributed by atoms with Crippen LogP contribution in [0.25, 0.3) is 0 Å². The monoisotopic (exact) mass is 294 g/mol. The Morgan fingerprint density at radius 2 is 1.86 bits per heavy atom. The lowest BCUT2D eigenvalue weighted by Crippen LogP contribution is -2.50. The second-order valence-corrected chi connectivity index (χ2v) is 5.70. The first-order chi connectivity index (χ1) is 9.69. The number of hydrogen-bond acceptors (Lipinski definition) is 3. The maximum absolute atomic E-state index is 12.0. The van der Waals surface area contributed by atoms with Crippen molar-refractivity contribution >= 4 is 12.0 Å². The number of nitrogens with zero attached hydrogens (tertiary/aromatic N) is 1. The SMILES string of the molecule is CN(CC(C)(C)O)C(=O)N[C@H](Cc1ccccc1)C(=O)O. The zero-order chi connectivity index (χ0) is 16.0. The molecule has 0 bridgehead atoms. The Morgan fingerprint density at radius 3 is 2.33 bits per heavy atom. The standard InChI is InChI=1S/C15H22N2O4/c1-15(2,21)10-17(3)14(20)16-12(13(18)19)9-11-7-5-4-6-8-11/h4-8,12,21H,9-10H2,1-3H3,(H,16,20)(H,18,19)/t12-/m1/s1. The van der Waals surface area contributed by atoms with Crippen LogP contribution in [0.1, 0.15) is 19.4 Å². The number of hydrogen-bond donors (Lipinski definition) is 3. The van der Waals surface area contributed by atoms with Gasteiger partial charge in [-0.05, 0) is 19.4 Å². The molecule has 0 unspecified atom stereocenters. The molecule has 1 aromatic rings. The van der Waals surface area contributed by atoms with Gasteiger partial charge in [0.1, 0.15) is 6.04 Å². The molecule has 2 amide bonds. The van der Waals surface area contributed by atoms with Gasteiger partial charge in [0.25, 0.3) is 0 Å². The molecule has 6 heteroatoms. The van der Waals surface area contributed by atoms with Crippen molar-refractivity contribution < 1.29 is 19.8 Å². The highest BCUT2D eigenvalue weighted by atomic mass is 16.4. The molecule has 0 heterocycles. The molecule has 0 aliphatic rings. The van der Waals surface area contributed by atoms with Gasteiger partial charge in [-0.15, -0.1) is 0 Å². The molecule has 0 spiro atoms. The fourth-order valence-electron chi connectivity index (χ4n) is 1.96. The molecule has 0 radical (unpaired) electrons. The number of aliphatic carboxylic acids is 1. The third-order valence-corrected chi connectivity index (χ3v) is 2.85. The molecule has 0 aliphatic carbocycles. The number of amides is 2. The van der Waals surface area contributed by atoms with E-state index in [1.54, 1.807) is 13.8 Å². The van der Waals surface area contributed by atoms with Gasteiger partial charge in [0, 0.05) is 13.5 Å². The van der Waals surface area contributed by atoms with E-state index in [-0.39, 0.29) is 13.0 Å². The van der Waals surface area contributed by atoms with Crippen molar-refractivity contribution in [1.82, 2.24) is 10.2 Å². The second-order valence-electron chi connectivity index (χ2n) is 5.70. The maximum atomic E-state index is 12.0. The van der Waals surface area contributed by atoms with Crippen LogP contribution in [0, 0.1) is 0 Å². The molecule has 0 aromatic heterocycles. The van der Waals surface area contributed by atoms with E-state index in [1.165, 1.54) is 11.9 Å². The summed E-state index contributed by atoms with van der Waals surface area (Å²) in [4.78, 5) is 24.5. The summed E-state index contributed by atoms with van der Waals surface area (Å²) in [6, 6.07) is 7.55. The number of rotatable bonds is 6. The summed E-state index contributed by atoms with van der Waals surface area (Å²) < 4.78 is 0. The van der Waals surface area contributed by atoms with Gasteiger partial charge in [-0.2, -0.15) is 0 Å². The van der Waals surface area contributed by atoms with Crippen LogP contribution in [0.2, 0.25) is 0 Å². The van der Waals surface area contributed by atoms with Gasteiger partial charge < -0.3 is 20.4 Å². The van der Waals surface area contributed by atoms with Crippen molar-refractivity contribution in [3.63, 3.8) is 0 Å². The number of likely N-dealkylation sites (N-methyl/N-ethyl adjacent to an activating group) is 1. The van der Waals surface area contributed by atoms with E-state index in [2.05, 4.69) is 5.32 Å². The van der Waals surface area contributed by atoms with Crippen molar-refractivity contribution in [2.24, 2.45) is 0 Å². The highest BCUT2D eigenvalue weighted by Gasteiger charge is 2.24. The molecule has 0 saturated carbocycles. The van der Waals surface area contributed by atoms with E-state index >= 15 is 0 Å². The molecule has 21 heavy (non-hydrogen) atoms. The maximum Gasteiger partial charge on any atom is 0.326 e. The molecule has 6 nitrogen and oxygen atoms in total. The third kappa shape index (κ3) is 6.27. The van der Waals surface area contributed by atoms with Gasteiger partial charge in [0.15, 0.2) is 0 Å². The first kappa shape index (κ1) is 17.0. The molecular weight excluding hydrogens is 272 g/mol. The average molecular weight is 294 g/mol. The van der Waals surface area contributed by atoms with Crippen LogP contribution in [0.3, 0.4) is 0 Å². The molecule has 1 rings (SSSR count). The van der Waals surface area contributed by atoms with Crippen LogP contribution in [0.4, 0.5) is 4.79 Å². The summed E-state index contributed by atoms with van der Waals surface area (Å²) in [5.74, 6) is -1.09. The fraction of sp³-hybridized carbons (Fsp3) is 0.467. The van der Waals surface area contributed by atoms with E-state index in [9.17, 15) is 19.8 Å². The number of carbonyl (C=O) groups is 2. The van der Waals surface area contributed by atoms with Crippen molar-refractivity contribution in [2.75, 3.05) is 13.6 Å². The number of nitrogens with one attached hydrogen (secondary N) is 1. The summed E-state index contributed by atoms with van der Waals surface area (Å²) in [6.07, 6.45) is 0.207. The molecule has 0 fully saturated rings. The summed E-state index contributed by atoms with van der Waals surface area (Å²) in [5, 5.41) is 21.4. The Labute approximate surface area is 124 Å². The highest BCUT2D eigenvalue weighted by Crippen LogP contribution is 2.06. The molecule has 0 saturated heterocycles. The lowest BCUT2D eigenvalue weighted by atomic mass is 10.1. The van der Waals surface area contributed by atoms with Crippen molar-refractivity contribution in [3.8, 4) is 0 Å². The van der Waals surface area contributed by atoms with Crippen LogP contribution >= 0.6 is 0 Å². The number of carboxylic acid groups (broad SMARTS) is 1. The lowest BCUT2D eigenvalue weighted by molar-refractivity contribution is -0.139. The topological polar surface area (TPSA) is 89.9 Å². The minimum absolute atomic E-state index is 0.108. The van der Waals surface area contributed by atoms with Gasteiger partial charge in [-0.25, -0.2) is 9.59 Å². The summed E-state index contributed by atoms with van der Waals surface area (Å²) in [7, 11) is 1.51. The molecule has 1 aromatic carbocycles. The molecule has 116 valence electrons. The van der Waals surface area contributed by atoms with Crippen LogP contribution in [-0.4, -0.2) is 52.3 Å². The molecule has 3 N–H and O–H groups in total. The minimum Gasteiger partial charge on any atom is -0.480 e. The number of urea groups is 1. The van der Waals surface area contributed by atoms with Gasteiger partial charge in [0.05, 0.1) is 12.1 Å². The number of aliphatic hydroxyl groups is 1. The van der Waals surface area contributed by atoms with Gasteiger partial charge >= 0.3 is 12.0 Å². The zero-order valence-electron chi connectivity index (χ0n) is 12.5. The average Bonchev–Trinajstić information content (AvgIpc) is 2.36. The van der Waals surface area contributed by atoms with Crippen LogP contribution in [0.5, 0.6) is 0 Å².